The molecule has 0 radical (unpaired) electrons. The first-order chi connectivity index (χ1) is 31.5. The summed E-state index contributed by atoms with van der Waals surface area (Å²) in [5.74, 6) is -1.97. The van der Waals surface area contributed by atoms with Gasteiger partial charge < -0.3 is 44.1 Å². The Balaban J connectivity index is 0. The van der Waals surface area contributed by atoms with E-state index in [-0.39, 0.29) is 103 Å². The Bertz CT molecular complexity index is 1860. The number of hydrogen-bond acceptors (Lipinski definition) is 16. The number of esters is 1. The van der Waals surface area contributed by atoms with Gasteiger partial charge in [-0.1, -0.05) is 92.3 Å². The smallest absolute Gasteiger partial charge is 0.870 e. The number of nitrogens with zero attached hydrogens (tertiary/aromatic N) is 10. The van der Waals surface area contributed by atoms with E-state index in [0.29, 0.717) is 42.4 Å². The number of carbonyl (C=O) groups excluding carboxylic acids is 3. The molecule has 8 atom stereocenters. The molecular weight excluding hydrogens is 916 g/mol. The fourth-order valence-electron chi connectivity index (χ4n) is 7.08. The zero-order chi connectivity index (χ0) is 49.9. The number of hydrogen-bond donors (Lipinski definition) is 1. The van der Waals surface area contributed by atoms with Crippen LogP contribution in [0.3, 0.4) is 0 Å². The molecular formula is C44H75LiN10O11S2. The minimum Gasteiger partial charge on any atom is -0.870 e. The normalized spacial score (nSPS) is 14.4. The van der Waals surface area contributed by atoms with Crippen molar-refractivity contribution in [3.05, 3.63) is 53.0 Å². The van der Waals surface area contributed by atoms with E-state index in [1.165, 1.54) is 42.3 Å². The largest absolute Gasteiger partial charge is 1.00 e. The first kappa shape index (κ1) is 66.2. The summed E-state index contributed by atoms with van der Waals surface area (Å²) >= 11 is 2.51. The molecule has 2 rings (SSSR count). The standard InChI is InChI=1S/C23H39N5O5S.C21H35N5O5S.Li.H2O/c1-8-11-28(22(29)20(26-27-24)16(6)9-2)18(15(4)5)12-19(33-14-31-7)21-25-17(13-34-21)23(30)32-10-3;1-7-9-26(20(27)18(24-25-22)14(5)8-2)16(13(3)4)10-17(31-12-30-6)19-23-15(11-32-19)21(28)29;;/h13,15-16,18-20H,8-12,14H2,1-7H3;11,13-14,16-18H,7-10,12H2,1-6H3,(H,28,29);;1H2/q;;+1;/p-1/t16?,18-,19-,20+;14?,16-,17-,18+;;/m11../s1. The number of aromatic carboxylic acids is 1. The molecule has 0 aliphatic heterocycles. The molecule has 24 heteroatoms. The molecule has 2 amide bonds. The Labute approximate surface area is 422 Å². The summed E-state index contributed by atoms with van der Waals surface area (Å²) in [7, 11) is 3.04. The van der Waals surface area contributed by atoms with Crippen LogP contribution in [0.5, 0.6) is 0 Å². The number of carboxylic acid groups (broad SMARTS) is 1. The van der Waals surface area contributed by atoms with E-state index in [0.717, 1.165) is 19.3 Å². The van der Waals surface area contributed by atoms with Crippen molar-refractivity contribution in [2.24, 2.45) is 33.9 Å². The van der Waals surface area contributed by atoms with Crippen LogP contribution in [0.4, 0.5) is 0 Å². The number of methoxy groups -OCH3 is 2. The van der Waals surface area contributed by atoms with Crippen molar-refractivity contribution in [2.75, 3.05) is 47.5 Å². The Morgan fingerprint density at radius 2 is 1.09 bits per heavy atom. The second kappa shape index (κ2) is 36.2. The van der Waals surface area contributed by atoms with E-state index in [9.17, 15) is 24.3 Å². The summed E-state index contributed by atoms with van der Waals surface area (Å²) in [4.78, 5) is 68.6. The number of carbonyl (C=O) groups is 4. The van der Waals surface area contributed by atoms with Crippen LogP contribution < -0.4 is 18.9 Å². The van der Waals surface area contributed by atoms with E-state index >= 15 is 0 Å². The van der Waals surface area contributed by atoms with Crippen molar-refractivity contribution in [1.82, 2.24) is 19.8 Å². The molecule has 2 unspecified atom stereocenters. The monoisotopic (exact) mass is 991 g/mol. The number of carboxylic acids is 1. The fraction of sp³-hybridized carbons (Fsp3) is 0.773. The molecule has 0 saturated carbocycles. The predicted octanol–water partition coefficient (Wildman–Crippen LogP) is 7.07. The maximum absolute atomic E-state index is 13.6. The van der Waals surface area contributed by atoms with E-state index in [1.54, 1.807) is 17.2 Å². The average Bonchev–Trinajstić information content (AvgIpc) is 4.00. The summed E-state index contributed by atoms with van der Waals surface area (Å²) in [6.45, 7) is 23.0. The van der Waals surface area contributed by atoms with Crippen LogP contribution in [0, 0.1) is 23.7 Å². The third-order valence-electron chi connectivity index (χ3n) is 11.0. The van der Waals surface area contributed by atoms with Gasteiger partial charge in [0.2, 0.25) is 11.8 Å². The molecule has 2 aromatic heterocycles. The molecule has 380 valence electrons. The van der Waals surface area contributed by atoms with Crippen molar-refractivity contribution in [3.8, 4) is 0 Å². The first-order valence-corrected chi connectivity index (χ1v) is 24.4. The molecule has 2 heterocycles. The van der Waals surface area contributed by atoms with Crippen LogP contribution in [0.1, 0.15) is 158 Å². The fourth-order valence-corrected chi connectivity index (χ4v) is 8.78. The summed E-state index contributed by atoms with van der Waals surface area (Å²) in [5.41, 5.74) is 18.3. The molecule has 0 spiro atoms. The van der Waals surface area contributed by atoms with Gasteiger partial charge in [-0.05, 0) is 54.5 Å². The molecule has 0 aliphatic carbocycles. The summed E-state index contributed by atoms with van der Waals surface area (Å²) in [6.07, 6.45) is 2.74. The first-order valence-electron chi connectivity index (χ1n) is 22.7. The van der Waals surface area contributed by atoms with Gasteiger partial charge in [0.05, 0.1) is 6.61 Å². The maximum Gasteiger partial charge on any atom is 1.00 e. The molecule has 0 bridgehead atoms. The summed E-state index contributed by atoms with van der Waals surface area (Å²) in [5, 5.41) is 21.1. The topological polar surface area (TPSA) is 294 Å². The van der Waals surface area contributed by atoms with E-state index in [4.69, 9.17) is 34.7 Å². The van der Waals surface area contributed by atoms with E-state index in [2.05, 4.69) is 30.0 Å². The van der Waals surface area contributed by atoms with Gasteiger partial charge in [0.1, 0.15) is 47.9 Å². The van der Waals surface area contributed by atoms with Gasteiger partial charge in [0.25, 0.3) is 0 Å². The van der Waals surface area contributed by atoms with Crippen molar-refractivity contribution in [3.63, 3.8) is 0 Å². The van der Waals surface area contributed by atoms with Gasteiger partial charge in [-0.3, -0.25) is 9.59 Å². The van der Waals surface area contributed by atoms with Crippen LogP contribution in [0.15, 0.2) is 21.0 Å². The Morgan fingerprint density at radius 1 is 0.706 bits per heavy atom. The molecule has 2 N–H and O–H groups in total. The van der Waals surface area contributed by atoms with E-state index < -0.39 is 36.2 Å². The average molecular weight is 991 g/mol. The van der Waals surface area contributed by atoms with Crippen molar-refractivity contribution >= 4 is 46.4 Å². The molecule has 21 nitrogen and oxygen atoms in total. The van der Waals surface area contributed by atoms with Crippen molar-refractivity contribution in [2.45, 2.75) is 151 Å². The Morgan fingerprint density at radius 3 is 1.38 bits per heavy atom. The van der Waals surface area contributed by atoms with Crippen LogP contribution in [-0.4, -0.2) is 126 Å². The van der Waals surface area contributed by atoms with Crippen LogP contribution in [0.2, 0.25) is 0 Å². The Hall–Kier alpha value is -3.84. The number of ether oxygens (including phenoxy) is 5. The van der Waals surface area contributed by atoms with Gasteiger partial charge in [-0.15, -0.1) is 22.7 Å². The van der Waals surface area contributed by atoms with Crippen LogP contribution in [0.25, 0.3) is 20.9 Å². The van der Waals surface area contributed by atoms with Crippen molar-refractivity contribution in [1.29, 1.82) is 0 Å². The number of amides is 2. The molecule has 0 fully saturated rings. The zero-order valence-corrected chi connectivity index (χ0v) is 44.2. The second-order valence-electron chi connectivity index (χ2n) is 16.5. The summed E-state index contributed by atoms with van der Waals surface area (Å²) in [6, 6.07) is -1.99. The summed E-state index contributed by atoms with van der Waals surface area (Å²) < 4.78 is 27.0. The Kier molecular flexibility index (Phi) is 35.2. The van der Waals surface area contributed by atoms with Gasteiger partial charge in [-0.2, -0.15) is 0 Å². The third kappa shape index (κ3) is 21.0. The quantitative estimate of drug-likeness (QED) is 0.0198. The minimum atomic E-state index is -1.10. The van der Waals surface area contributed by atoms with Gasteiger partial charge >= 0.3 is 30.8 Å². The van der Waals surface area contributed by atoms with Crippen LogP contribution in [-0.2, 0) is 33.3 Å². The molecule has 68 heavy (non-hydrogen) atoms. The van der Waals surface area contributed by atoms with Gasteiger partial charge in [0.15, 0.2) is 11.4 Å². The number of azide groups is 2. The van der Waals surface area contributed by atoms with Crippen LogP contribution >= 0.6 is 22.7 Å². The number of aromatic nitrogens is 2. The number of thiazole rings is 2. The zero-order valence-electron chi connectivity index (χ0n) is 42.6. The minimum absolute atomic E-state index is 0. The maximum atomic E-state index is 13.6. The predicted molar refractivity (Wildman–Crippen MR) is 256 cm³/mol. The second-order valence-corrected chi connectivity index (χ2v) is 18.3. The molecule has 0 saturated heterocycles. The molecule has 2 aromatic rings. The molecule has 0 aliphatic rings. The van der Waals surface area contributed by atoms with Crippen molar-refractivity contribution < 1.29 is 72.3 Å². The SMILES string of the molecule is CCCN(C(=O)[C@@H](N=[N+]=[N-])C(C)CC)[C@H](C[C@@H](OCOC)c1nc(C(=O)O)cs1)C(C)C.CCCN(C(=O)[C@@H](N=[N+]=[N-])C(C)CC)[C@H](C[C@@H](OCOC)c1nc(C(=O)OCC)cs1)C(C)C.[Li+].[OH-]. The third-order valence-corrected chi connectivity index (χ3v) is 12.9. The number of rotatable bonds is 31. The van der Waals surface area contributed by atoms with Gasteiger partial charge in [-0.25, -0.2) is 19.6 Å². The molecule has 0 aromatic carbocycles. The van der Waals surface area contributed by atoms with E-state index in [1.807, 2.05) is 74.1 Å². The van der Waals surface area contributed by atoms with Gasteiger partial charge in [0, 0.05) is 72.8 Å².